The van der Waals surface area contributed by atoms with Gasteiger partial charge in [0, 0.05) is 30.2 Å². The maximum Gasteiger partial charge on any atom is 0.323 e. The van der Waals surface area contributed by atoms with Gasteiger partial charge in [0.25, 0.3) is 0 Å². The van der Waals surface area contributed by atoms with Crippen LogP contribution in [0.3, 0.4) is 0 Å². The van der Waals surface area contributed by atoms with Crippen LogP contribution in [0.4, 0.5) is 0 Å². The van der Waals surface area contributed by atoms with Crippen LogP contribution in [-0.4, -0.2) is 11.8 Å². The molecule has 1 unspecified atom stereocenters. The molecule has 1 fully saturated rings. The molecule has 36 heavy (non-hydrogen) atoms. The molecule has 0 radical (unpaired) electrons. The van der Waals surface area contributed by atoms with Gasteiger partial charge < -0.3 is 4.74 Å². The first-order chi connectivity index (χ1) is 17.7. The van der Waals surface area contributed by atoms with Gasteiger partial charge in [0.05, 0.1) is 0 Å². The molecule has 1 aliphatic carbocycles. The summed E-state index contributed by atoms with van der Waals surface area (Å²) in [7, 11) is 0. The van der Waals surface area contributed by atoms with Crippen molar-refractivity contribution in [3.8, 4) is 5.75 Å². The van der Waals surface area contributed by atoms with Crippen molar-refractivity contribution < 1.29 is 14.3 Å². The quantitative estimate of drug-likeness (QED) is 0.205. The predicted octanol–water partition coefficient (Wildman–Crippen LogP) is 7.08. The van der Waals surface area contributed by atoms with Crippen LogP contribution in [0.2, 0.25) is 0 Å². The van der Waals surface area contributed by atoms with Gasteiger partial charge in [-0.1, -0.05) is 103 Å². The average molecular weight is 469 g/mol. The van der Waals surface area contributed by atoms with E-state index in [1.807, 2.05) is 60.7 Å². The molecule has 3 atom stereocenters. The number of ether oxygens (including phenoxy) is 1. The monoisotopic (exact) mass is 468 g/mol. The number of Topliss-reactive ketones (excluding diaryl/α,β-unsaturated/α-hetero) is 1. The van der Waals surface area contributed by atoms with Crippen LogP contribution in [0, 0.1) is 0 Å². The van der Waals surface area contributed by atoms with Crippen molar-refractivity contribution in [3.63, 3.8) is 0 Å². The number of carbonyl (C=O) groups excluding carboxylic acids is 2. The van der Waals surface area contributed by atoms with Gasteiger partial charge in [-0.3, -0.25) is 9.59 Å². The zero-order valence-corrected chi connectivity index (χ0v) is 19.7. The molecule has 3 nitrogen and oxygen atoms in total. The highest BCUT2D eigenvalue weighted by atomic mass is 16.5. The number of carbonyl (C=O) groups is 2. The summed E-state index contributed by atoms with van der Waals surface area (Å²) in [4.78, 5) is 27.7. The molecule has 1 saturated carbocycles. The molecule has 0 N–H and O–H groups in total. The molecule has 5 aromatic rings. The third-order valence-electron chi connectivity index (χ3n) is 8.23. The number of fused-ring (bicyclic) bond motifs is 4. The minimum Gasteiger partial charge on any atom is -0.426 e. The molecule has 1 aliphatic heterocycles. The maximum absolute atomic E-state index is 14.2. The van der Waals surface area contributed by atoms with Gasteiger partial charge in [-0.2, -0.15) is 0 Å². The van der Waals surface area contributed by atoms with E-state index in [4.69, 9.17) is 4.74 Å². The lowest BCUT2D eigenvalue weighted by atomic mass is 9.53. The number of ketones is 1. The van der Waals surface area contributed by atoms with Crippen molar-refractivity contribution in [2.75, 3.05) is 0 Å². The van der Waals surface area contributed by atoms with Crippen molar-refractivity contribution in [1.82, 2.24) is 0 Å². The predicted molar refractivity (Wildman–Crippen MR) is 141 cm³/mol. The van der Waals surface area contributed by atoms with Gasteiger partial charge in [-0.25, -0.2) is 0 Å². The highest BCUT2D eigenvalue weighted by molar-refractivity contribution is 6.00. The Morgan fingerprint density at radius 3 is 1.69 bits per heavy atom. The zero-order valence-electron chi connectivity index (χ0n) is 19.7. The fourth-order valence-corrected chi connectivity index (χ4v) is 6.77. The molecule has 174 valence electrons. The minimum absolute atomic E-state index is 0.175. The molecule has 2 aliphatic rings. The van der Waals surface area contributed by atoms with E-state index in [1.54, 1.807) is 0 Å². The number of rotatable bonds is 2. The number of esters is 1. The Labute approximate surface area is 209 Å². The van der Waals surface area contributed by atoms with Crippen molar-refractivity contribution in [2.45, 2.75) is 30.1 Å². The molecule has 0 bridgehead atoms. The Hall–Kier alpha value is -4.24. The van der Waals surface area contributed by atoms with Crippen LogP contribution in [-0.2, 0) is 15.0 Å². The van der Waals surface area contributed by atoms with E-state index in [-0.39, 0.29) is 23.6 Å². The van der Waals surface area contributed by atoms with Crippen LogP contribution in [0.5, 0.6) is 5.75 Å². The molecule has 3 heteroatoms. The van der Waals surface area contributed by atoms with Crippen molar-refractivity contribution in [3.05, 3.63) is 126 Å². The lowest BCUT2D eigenvalue weighted by Crippen LogP contribution is -2.50. The van der Waals surface area contributed by atoms with E-state index in [0.717, 1.165) is 38.2 Å². The Morgan fingerprint density at radius 1 is 0.583 bits per heavy atom. The summed E-state index contributed by atoms with van der Waals surface area (Å²) in [5.41, 5.74) is 1.94. The SMILES string of the molecule is O=C1C[C@H](c2cccc3ccccc23)C2(C(=O)Oc3ccccc32)[C@H](c2cccc3ccccc23)C1. The van der Waals surface area contributed by atoms with E-state index >= 15 is 0 Å². The van der Waals surface area contributed by atoms with Crippen LogP contribution in [0.25, 0.3) is 21.5 Å². The molecule has 0 amide bonds. The average Bonchev–Trinajstić information content (AvgIpc) is 3.21. The zero-order chi connectivity index (χ0) is 24.3. The van der Waals surface area contributed by atoms with E-state index in [2.05, 4.69) is 48.5 Å². The van der Waals surface area contributed by atoms with Gasteiger partial charge in [-0.05, 0) is 38.7 Å². The third kappa shape index (κ3) is 2.86. The summed E-state index contributed by atoms with van der Waals surface area (Å²) >= 11 is 0. The van der Waals surface area contributed by atoms with Gasteiger partial charge in [-0.15, -0.1) is 0 Å². The van der Waals surface area contributed by atoms with Gasteiger partial charge in [0.1, 0.15) is 16.9 Å². The highest BCUT2D eigenvalue weighted by Crippen LogP contribution is 2.61. The molecule has 1 spiro atoms. The molecule has 0 aromatic heterocycles. The van der Waals surface area contributed by atoms with Gasteiger partial charge in [0.15, 0.2) is 0 Å². The smallest absolute Gasteiger partial charge is 0.323 e. The van der Waals surface area contributed by atoms with E-state index in [0.29, 0.717) is 18.6 Å². The molecule has 5 aromatic carbocycles. The first-order valence-corrected chi connectivity index (χ1v) is 12.5. The van der Waals surface area contributed by atoms with Gasteiger partial charge >= 0.3 is 5.97 Å². The molecule has 0 saturated heterocycles. The second-order valence-corrected chi connectivity index (χ2v) is 9.94. The van der Waals surface area contributed by atoms with Crippen molar-refractivity contribution >= 4 is 33.3 Å². The van der Waals surface area contributed by atoms with E-state index in [9.17, 15) is 9.59 Å². The number of hydrogen-bond donors (Lipinski definition) is 0. The van der Waals surface area contributed by atoms with Crippen molar-refractivity contribution in [1.29, 1.82) is 0 Å². The summed E-state index contributed by atoms with van der Waals surface area (Å²) in [5.74, 6) is -0.164. The summed E-state index contributed by atoms with van der Waals surface area (Å²) in [5, 5.41) is 4.36. The Bertz CT molecular complexity index is 1580. The third-order valence-corrected chi connectivity index (χ3v) is 8.23. The number of para-hydroxylation sites is 1. The molecule has 1 heterocycles. The lowest BCUT2D eigenvalue weighted by Gasteiger charge is -2.45. The summed E-state index contributed by atoms with van der Waals surface area (Å²) < 4.78 is 6.01. The van der Waals surface area contributed by atoms with E-state index in [1.165, 1.54) is 0 Å². The summed E-state index contributed by atoms with van der Waals surface area (Å²) in [6.45, 7) is 0. The van der Waals surface area contributed by atoms with Crippen LogP contribution in [0.15, 0.2) is 109 Å². The fraction of sp³-hybridized carbons (Fsp3) is 0.152. The topological polar surface area (TPSA) is 43.4 Å². The van der Waals surface area contributed by atoms with E-state index < -0.39 is 5.41 Å². The Balaban J connectivity index is 1.57. The van der Waals surface area contributed by atoms with Gasteiger partial charge in [0.2, 0.25) is 0 Å². The van der Waals surface area contributed by atoms with Crippen molar-refractivity contribution in [2.24, 2.45) is 0 Å². The van der Waals surface area contributed by atoms with Crippen LogP contribution in [0.1, 0.15) is 41.4 Å². The lowest BCUT2D eigenvalue weighted by molar-refractivity contribution is -0.142. The summed E-state index contributed by atoms with van der Waals surface area (Å²) in [6.07, 6.45) is 0.609. The summed E-state index contributed by atoms with van der Waals surface area (Å²) in [6, 6.07) is 36.6. The standard InChI is InChI=1S/C33H24O3/c34-23-19-29(26-15-7-11-21-9-1-3-13-24(21)26)33(28-17-5-6-18-31(28)36-32(33)35)30(20-23)27-16-8-12-22-10-2-4-14-25(22)27/h1-18,29-30H,19-20H2/t29-,30+,33?. The number of benzene rings is 5. The molecule has 7 rings (SSSR count). The highest BCUT2D eigenvalue weighted by Gasteiger charge is 2.62. The Kier molecular flexibility index (Phi) is 4.62. The molecular weight excluding hydrogens is 444 g/mol. The maximum atomic E-state index is 14.2. The second kappa shape index (κ2) is 7.89. The van der Waals surface area contributed by atoms with Crippen LogP contribution < -0.4 is 4.74 Å². The Morgan fingerprint density at radius 2 is 1.08 bits per heavy atom. The molecular formula is C33H24O3. The first-order valence-electron chi connectivity index (χ1n) is 12.5. The normalized spacial score (nSPS) is 23.2. The minimum atomic E-state index is -1.00. The fourth-order valence-electron chi connectivity index (χ4n) is 6.77. The largest absolute Gasteiger partial charge is 0.426 e. The second-order valence-electron chi connectivity index (χ2n) is 9.94. The number of hydrogen-bond acceptors (Lipinski definition) is 3. The van der Waals surface area contributed by atoms with Crippen LogP contribution >= 0.6 is 0 Å². The first kappa shape index (κ1) is 21.1.